The van der Waals surface area contributed by atoms with Gasteiger partial charge in [-0.15, -0.1) is 0 Å². The number of nitrogens with two attached hydrogens (primary N) is 1. The van der Waals surface area contributed by atoms with Crippen molar-refractivity contribution in [3.8, 4) is 0 Å². The van der Waals surface area contributed by atoms with E-state index in [1.54, 1.807) is 13.1 Å². The molecule has 0 radical (unpaired) electrons. The quantitative estimate of drug-likeness (QED) is 0.582. The Morgan fingerprint density at radius 1 is 1.18 bits per heavy atom. The first-order valence-corrected chi connectivity index (χ1v) is 12.8. The summed E-state index contributed by atoms with van der Waals surface area (Å²) in [5, 5.41) is 7.27. The number of nitrogens with one attached hydrogen (secondary N) is 1. The van der Waals surface area contributed by atoms with E-state index in [9.17, 15) is 18.0 Å². The van der Waals surface area contributed by atoms with Crippen LogP contribution in [0.4, 0.5) is 0 Å². The van der Waals surface area contributed by atoms with Gasteiger partial charge in [-0.2, -0.15) is 9.40 Å². The Morgan fingerprint density at radius 3 is 2.41 bits per heavy atom. The van der Waals surface area contributed by atoms with Gasteiger partial charge in [0, 0.05) is 38.6 Å². The predicted octanol–water partition coefficient (Wildman–Crippen LogP) is 1.57. The number of aromatic nitrogens is 2. The van der Waals surface area contributed by atoms with Crippen LogP contribution in [0.5, 0.6) is 0 Å². The first kappa shape index (κ1) is 26.4. The first-order chi connectivity index (χ1) is 15.8. The van der Waals surface area contributed by atoms with Crippen LogP contribution in [-0.4, -0.2) is 71.6 Å². The maximum Gasteiger partial charge on any atom is 0.273 e. The van der Waals surface area contributed by atoms with E-state index in [2.05, 4.69) is 10.4 Å². The number of benzene rings is 1. The van der Waals surface area contributed by atoms with Gasteiger partial charge in [-0.1, -0.05) is 44.0 Å². The standard InChI is InChI=1S/C21H28Cl2N6O4S/c1-21(2,3)17-12-16(27(4)26-17)20(31)28-9-10-29(19(28)18(30)25-8-7-24)34(32,33)13-5-6-14(22)15(23)11-13/h5-6,11-12,19H,7-10,24H2,1-4H3,(H,25,30). The molecule has 1 aliphatic heterocycles. The van der Waals surface area contributed by atoms with Crippen LogP contribution in [0.15, 0.2) is 29.2 Å². The summed E-state index contributed by atoms with van der Waals surface area (Å²) in [6, 6.07) is 5.55. The minimum atomic E-state index is -4.19. The predicted molar refractivity (Wildman–Crippen MR) is 129 cm³/mol. The van der Waals surface area contributed by atoms with Gasteiger partial charge in [0.25, 0.3) is 11.8 Å². The van der Waals surface area contributed by atoms with Crippen molar-refractivity contribution in [3.63, 3.8) is 0 Å². The van der Waals surface area contributed by atoms with Crippen molar-refractivity contribution in [3.05, 3.63) is 45.7 Å². The molecule has 2 amide bonds. The Morgan fingerprint density at radius 2 is 1.85 bits per heavy atom. The van der Waals surface area contributed by atoms with Gasteiger partial charge in [-0.05, 0) is 24.3 Å². The summed E-state index contributed by atoms with van der Waals surface area (Å²) in [6.45, 7) is 6.10. The molecule has 1 saturated heterocycles. The number of carbonyl (C=O) groups excluding carboxylic acids is 2. The number of amides is 2. The van der Waals surface area contributed by atoms with Crippen LogP contribution in [0.1, 0.15) is 37.0 Å². The number of hydrogen-bond donors (Lipinski definition) is 2. The van der Waals surface area contributed by atoms with Gasteiger partial charge < -0.3 is 16.0 Å². The number of aryl methyl sites for hydroxylation is 1. The van der Waals surface area contributed by atoms with Gasteiger partial charge in [0.1, 0.15) is 5.69 Å². The van der Waals surface area contributed by atoms with Crippen molar-refractivity contribution in [1.82, 2.24) is 24.3 Å². The monoisotopic (exact) mass is 530 g/mol. The zero-order valence-corrected chi connectivity index (χ0v) is 21.7. The topological polar surface area (TPSA) is 131 Å². The molecule has 13 heteroatoms. The molecule has 0 saturated carbocycles. The Labute approximate surface area is 209 Å². The number of sulfonamides is 1. The zero-order chi connectivity index (χ0) is 25.4. The van der Waals surface area contributed by atoms with Crippen LogP contribution in [0.2, 0.25) is 10.0 Å². The maximum absolute atomic E-state index is 13.5. The molecule has 1 unspecified atom stereocenters. The van der Waals surface area contributed by atoms with E-state index in [4.69, 9.17) is 28.9 Å². The highest BCUT2D eigenvalue weighted by molar-refractivity contribution is 7.89. The highest BCUT2D eigenvalue weighted by atomic mass is 35.5. The molecular formula is C21H28Cl2N6O4S. The molecule has 1 aromatic carbocycles. The Bertz CT molecular complexity index is 1210. The summed E-state index contributed by atoms with van der Waals surface area (Å²) >= 11 is 12.0. The average Bonchev–Trinajstić information content (AvgIpc) is 3.38. The molecule has 10 nitrogen and oxygen atoms in total. The van der Waals surface area contributed by atoms with Gasteiger partial charge in [0.2, 0.25) is 10.0 Å². The van der Waals surface area contributed by atoms with Crippen molar-refractivity contribution < 1.29 is 18.0 Å². The van der Waals surface area contributed by atoms with Crippen LogP contribution in [0.25, 0.3) is 0 Å². The Hall–Kier alpha value is -2.18. The molecule has 2 aromatic rings. The zero-order valence-electron chi connectivity index (χ0n) is 19.4. The number of rotatable bonds is 6. The van der Waals surface area contributed by atoms with E-state index in [0.29, 0.717) is 5.69 Å². The van der Waals surface area contributed by atoms with E-state index in [-0.39, 0.29) is 52.2 Å². The van der Waals surface area contributed by atoms with E-state index < -0.39 is 28.0 Å². The summed E-state index contributed by atoms with van der Waals surface area (Å²) in [5.41, 5.74) is 6.14. The second-order valence-electron chi connectivity index (χ2n) is 8.93. The SMILES string of the molecule is Cn1nc(C(C)(C)C)cc1C(=O)N1CCN(S(=O)(=O)c2ccc(Cl)c(Cl)c2)C1C(=O)NCCN. The third-order valence-corrected chi connectivity index (χ3v) is 8.02. The number of hydrogen-bond acceptors (Lipinski definition) is 6. The molecular weight excluding hydrogens is 503 g/mol. The van der Waals surface area contributed by atoms with Crippen molar-refractivity contribution in [2.24, 2.45) is 12.8 Å². The van der Waals surface area contributed by atoms with Crippen molar-refractivity contribution in [2.75, 3.05) is 26.2 Å². The summed E-state index contributed by atoms with van der Waals surface area (Å²) in [6.07, 6.45) is -1.41. The lowest BCUT2D eigenvalue weighted by atomic mass is 9.92. The number of halogens is 2. The molecule has 1 atom stereocenters. The summed E-state index contributed by atoms with van der Waals surface area (Å²) in [5.74, 6) is -1.16. The second kappa shape index (κ2) is 9.82. The fourth-order valence-electron chi connectivity index (χ4n) is 3.58. The second-order valence-corrected chi connectivity index (χ2v) is 11.6. The molecule has 34 heavy (non-hydrogen) atoms. The molecule has 1 aliphatic rings. The minimum absolute atomic E-state index is 0.0100. The average molecular weight is 531 g/mol. The van der Waals surface area contributed by atoms with Crippen LogP contribution in [0.3, 0.4) is 0 Å². The van der Waals surface area contributed by atoms with Gasteiger partial charge >= 0.3 is 0 Å². The Balaban J connectivity index is 2.02. The van der Waals surface area contributed by atoms with Gasteiger partial charge in [0.15, 0.2) is 6.17 Å². The lowest BCUT2D eigenvalue weighted by molar-refractivity contribution is -0.127. The first-order valence-electron chi connectivity index (χ1n) is 10.6. The van der Waals surface area contributed by atoms with Crippen LogP contribution >= 0.6 is 23.2 Å². The molecule has 0 bridgehead atoms. The molecule has 1 fully saturated rings. The molecule has 0 aliphatic carbocycles. The Kier molecular flexibility index (Phi) is 7.63. The van der Waals surface area contributed by atoms with Crippen molar-refractivity contribution >= 4 is 45.0 Å². The lowest BCUT2D eigenvalue weighted by Crippen LogP contribution is -2.54. The summed E-state index contributed by atoms with van der Waals surface area (Å²) in [7, 11) is -2.56. The van der Waals surface area contributed by atoms with E-state index in [1.807, 2.05) is 20.8 Å². The highest BCUT2D eigenvalue weighted by Gasteiger charge is 2.47. The van der Waals surface area contributed by atoms with Crippen LogP contribution in [-0.2, 0) is 27.3 Å². The fourth-order valence-corrected chi connectivity index (χ4v) is 5.52. The van der Waals surface area contributed by atoms with Gasteiger partial charge in [0.05, 0.1) is 20.6 Å². The van der Waals surface area contributed by atoms with Gasteiger partial charge in [-0.3, -0.25) is 14.3 Å². The third kappa shape index (κ3) is 5.08. The summed E-state index contributed by atoms with van der Waals surface area (Å²) < 4.78 is 29.3. The molecule has 1 aromatic heterocycles. The highest BCUT2D eigenvalue weighted by Crippen LogP contribution is 2.31. The fraction of sp³-hybridized carbons (Fsp3) is 0.476. The van der Waals surface area contributed by atoms with Crippen LogP contribution < -0.4 is 11.1 Å². The van der Waals surface area contributed by atoms with E-state index in [1.165, 1.54) is 27.8 Å². The maximum atomic E-state index is 13.5. The minimum Gasteiger partial charge on any atom is -0.352 e. The van der Waals surface area contributed by atoms with Crippen molar-refractivity contribution in [2.45, 2.75) is 37.2 Å². The molecule has 3 N–H and O–H groups in total. The normalized spacial score (nSPS) is 17.3. The number of carbonyl (C=O) groups is 2. The number of nitrogens with zero attached hydrogens (tertiary/aromatic N) is 4. The smallest absolute Gasteiger partial charge is 0.273 e. The van der Waals surface area contributed by atoms with E-state index in [0.717, 1.165) is 4.31 Å². The lowest BCUT2D eigenvalue weighted by Gasteiger charge is -2.28. The van der Waals surface area contributed by atoms with E-state index >= 15 is 0 Å². The molecule has 0 spiro atoms. The third-order valence-electron chi connectivity index (χ3n) is 5.43. The largest absolute Gasteiger partial charge is 0.352 e. The molecule has 2 heterocycles. The molecule has 3 rings (SSSR count). The summed E-state index contributed by atoms with van der Waals surface area (Å²) in [4.78, 5) is 27.7. The van der Waals surface area contributed by atoms with Gasteiger partial charge in [-0.25, -0.2) is 8.42 Å². The van der Waals surface area contributed by atoms with Crippen LogP contribution in [0, 0.1) is 0 Å². The molecule has 186 valence electrons. The van der Waals surface area contributed by atoms with Crippen molar-refractivity contribution in [1.29, 1.82) is 0 Å².